The maximum absolute atomic E-state index is 13.5. The van der Waals surface area contributed by atoms with E-state index in [1.54, 1.807) is 34.5 Å². The molecule has 39 heteroatoms. The second kappa shape index (κ2) is 34.8. The van der Waals surface area contributed by atoms with Crippen LogP contribution in [-0.4, -0.2) is 164 Å². The monoisotopic (exact) mass is 1590 g/mol. The van der Waals surface area contributed by atoms with Gasteiger partial charge in [-0.15, -0.1) is 0 Å². The number of carboxylic acids is 1. The van der Waals surface area contributed by atoms with E-state index in [4.69, 9.17) is 33.6 Å². The number of sulfonamides is 2. The predicted molar refractivity (Wildman–Crippen MR) is 388 cm³/mol. The molecule has 0 spiro atoms. The van der Waals surface area contributed by atoms with Gasteiger partial charge < -0.3 is 44.1 Å². The van der Waals surface area contributed by atoms with Crippen LogP contribution >= 0.6 is 0 Å². The number of carbonyl (C=O) groups is 6. The van der Waals surface area contributed by atoms with Gasteiger partial charge in [0.1, 0.15) is 29.2 Å². The number of para-hydroxylation sites is 1. The predicted octanol–water partition coefficient (Wildman–Crippen LogP) is 7.75. The summed E-state index contributed by atoms with van der Waals surface area (Å²) in [5, 5.41) is 30.0. The Morgan fingerprint density at radius 3 is 1.84 bits per heavy atom. The Morgan fingerprint density at radius 1 is 0.700 bits per heavy atom. The summed E-state index contributed by atoms with van der Waals surface area (Å²) in [6, 6.07) is 19.5. The summed E-state index contributed by atoms with van der Waals surface area (Å²) in [6.07, 6.45) is 1.30. The number of carboxylic acid groups (broad SMARTS) is 1. The molecule has 4 aromatic carbocycles. The van der Waals surface area contributed by atoms with Crippen molar-refractivity contribution in [2.75, 3.05) is 52.7 Å². The average Bonchev–Trinajstić information content (AvgIpc) is 1.60. The highest BCUT2D eigenvalue weighted by molar-refractivity contribution is 7.91. The number of pyridine rings is 1. The number of oxime groups is 1. The summed E-state index contributed by atoms with van der Waals surface area (Å²) in [6.45, 7) is 15.6. The molecule has 8 aromatic rings. The van der Waals surface area contributed by atoms with E-state index in [9.17, 15) is 77.1 Å². The molecule has 2 aliphatic heterocycles. The quantitative estimate of drug-likeness (QED) is 0.0313. The number of ether oxygens (including phenoxy) is 5. The summed E-state index contributed by atoms with van der Waals surface area (Å²) < 4.78 is 146. The lowest BCUT2D eigenvalue weighted by atomic mass is 9.91. The van der Waals surface area contributed by atoms with Gasteiger partial charge in [-0.3, -0.25) is 29.3 Å². The number of hydrogen-bond donors (Lipinski definition) is 6. The Labute approximate surface area is 629 Å². The Hall–Kier alpha value is -11.6. The van der Waals surface area contributed by atoms with Crippen molar-refractivity contribution in [2.45, 2.75) is 121 Å². The molecule has 3 aliphatic rings. The molecule has 588 valence electrons. The molecule has 0 radical (unpaired) electrons. The lowest BCUT2D eigenvalue weighted by Gasteiger charge is -2.19. The van der Waals surface area contributed by atoms with Crippen LogP contribution in [0.15, 0.2) is 122 Å². The second-order valence-electron chi connectivity index (χ2n) is 25.6. The fraction of sp³-hybridized carbons (Fsp3) is 0.352. The molecular weight excluding hydrogens is 1510 g/mol. The van der Waals surface area contributed by atoms with Gasteiger partial charge in [0.05, 0.1) is 91.9 Å². The van der Waals surface area contributed by atoms with Gasteiger partial charge in [0.15, 0.2) is 20.6 Å². The Morgan fingerprint density at radius 2 is 1.31 bits per heavy atom. The number of nitrogens with one attached hydrogen (secondary N) is 4. The van der Waals surface area contributed by atoms with E-state index < -0.39 is 87.4 Å². The van der Waals surface area contributed by atoms with Crippen molar-refractivity contribution in [3.05, 3.63) is 169 Å². The number of aryl methyl sites for hydroxylation is 4. The number of alkyl halides is 3. The number of nitrogens with zero attached hydrogens (tertiary/aromatic N) is 8. The van der Waals surface area contributed by atoms with Gasteiger partial charge in [0.25, 0.3) is 37.4 Å². The third kappa shape index (κ3) is 20.2. The van der Waals surface area contributed by atoms with Gasteiger partial charge in [-0.2, -0.15) is 36.7 Å². The number of benzene rings is 4. The number of anilines is 1. The Balaban J connectivity index is 0.000000185. The molecular formula is C71H79F3N12O21S3. The molecule has 6 N–H and O–H groups in total. The minimum atomic E-state index is -5.14. The first-order chi connectivity index (χ1) is 51.7. The summed E-state index contributed by atoms with van der Waals surface area (Å²) in [4.78, 5) is 102. The number of aromatic hydroxyl groups is 1. The highest BCUT2D eigenvalue weighted by Gasteiger charge is 2.38. The zero-order chi connectivity index (χ0) is 81.1. The second-order valence-corrected chi connectivity index (χ2v) is 30.8. The minimum Gasteiger partial charge on any atom is -0.496 e. The summed E-state index contributed by atoms with van der Waals surface area (Å²) in [5.74, 6) is -3.95. The molecule has 0 unspecified atom stereocenters. The number of methoxy groups -OCH3 is 3. The SMILES string of the molecule is CCc1cc(C)cc(CC)c1-c1c(OC(=O)C(C)(C)C)n2n(c1=O)CCOCC2.COc1cc(OC)nc(NC(=O)NS(=O)(=O)c2nc(C(F)(F)F)ccc2C(=O)O)n1.COc1ccccc1C(=O)NS(=O)(=O)c1ccc(C(=O)NC2CC2)cc1.Cc1c(C(=O)c2cnn(C)c2O)ccc(S(C)(=O)=O)c1C1=NOCC1. The molecule has 1 fully saturated rings. The van der Waals surface area contributed by atoms with E-state index >= 15 is 0 Å². The maximum atomic E-state index is 13.5. The standard InChI is InChI=1S/C23H32N2O4.C18H18N2O5S.C16H17N3O5S.C14H12F3N5O7S/c1-7-16-13-15(3)14-17(8-2)18(16)19-20(26)24-9-11-28-12-10-25(24)21(19)29-22(27)23(4,5)6;1-25-16-5-3-2-4-15(16)18(22)20-26(23,24)14-10-6-12(7-11-14)17(21)19-13-8-9-13;1-9-10(15(20)11-8-17-19(2)16(11)21)4-5-13(25(3,22)23)14(9)12-6-7-24-18-12;1-28-8-5-9(29-2)20-12(19-8)21-13(25)22-30(26,27)10-6(11(23)24)3-4-7(18-10)14(15,16)17/h13-14H,7-12H2,1-6H3;2-7,10-11,13H,8-9H2,1H3,(H,19,21)(H,20,22);4-5,8,21H,6-7H2,1-3H3;3-5H,1-2H3,(H,23,24)(H2,19,20,21,22,25). The molecule has 1 saturated carbocycles. The molecule has 0 saturated heterocycles. The first-order valence-electron chi connectivity index (χ1n) is 33.5. The van der Waals surface area contributed by atoms with Gasteiger partial charge in [-0.1, -0.05) is 48.8 Å². The first kappa shape index (κ1) is 84.0. The molecule has 110 heavy (non-hydrogen) atoms. The van der Waals surface area contributed by atoms with Gasteiger partial charge >= 0.3 is 24.1 Å². The number of fused-ring (bicyclic) bond motifs is 1. The van der Waals surface area contributed by atoms with E-state index in [0.717, 1.165) is 48.6 Å². The van der Waals surface area contributed by atoms with Crippen molar-refractivity contribution in [1.82, 2.24) is 48.9 Å². The number of ketones is 1. The van der Waals surface area contributed by atoms with Crippen molar-refractivity contribution >= 4 is 77.1 Å². The number of amides is 4. The number of esters is 1. The summed E-state index contributed by atoms with van der Waals surface area (Å²) >= 11 is 0. The van der Waals surface area contributed by atoms with Crippen LogP contribution in [0, 0.1) is 19.3 Å². The smallest absolute Gasteiger partial charge is 0.433 e. The van der Waals surface area contributed by atoms with Gasteiger partial charge in [0.2, 0.25) is 29.5 Å². The average molecular weight is 1590 g/mol. The number of aromatic carboxylic acids is 1. The maximum Gasteiger partial charge on any atom is 0.433 e. The number of hydrogen-bond acceptors (Lipinski definition) is 25. The first-order valence-corrected chi connectivity index (χ1v) is 38.3. The van der Waals surface area contributed by atoms with Crippen LogP contribution in [0.5, 0.6) is 29.3 Å². The molecule has 1 aliphatic carbocycles. The van der Waals surface area contributed by atoms with Crippen molar-refractivity contribution in [3.63, 3.8) is 0 Å². The molecule has 0 bridgehead atoms. The number of urea groups is 1. The van der Waals surface area contributed by atoms with Crippen molar-refractivity contribution < 1.29 is 106 Å². The van der Waals surface area contributed by atoms with E-state index in [1.807, 2.05) is 30.8 Å². The van der Waals surface area contributed by atoms with Crippen molar-refractivity contribution in [2.24, 2.45) is 17.6 Å². The summed E-state index contributed by atoms with van der Waals surface area (Å²) in [7, 11) is -7.34. The van der Waals surface area contributed by atoms with E-state index in [2.05, 4.69) is 63.4 Å². The zero-order valence-electron chi connectivity index (χ0n) is 61.5. The number of halogens is 3. The zero-order valence-corrected chi connectivity index (χ0v) is 63.9. The highest BCUT2D eigenvalue weighted by Crippen LogP contribution is 2.38. The molecule has 4 amide bonds. The van der Waals surface area contributed by atoms with E-state index in [0.29, 0.717) is 85.3 Å². The van der Waals surface area contributed by atoms with Crippen molar-refractivity contribution in [3.8, 4) is 40.4 Å². The number of carbonyl (C=O) groups excluding carboxylic acids is 5. The van der Waals surface area contributed by atoms with Crippen LogP contribution in [0.1, 0.15) is 134 Å². The fourth-order valence-electron chi connectivity index (χ4n) is 10.9. The van der Waals surface area contributed by atoms with E-state index in [1.165, 1.54) is 98.1 Å². The third-order valence-electron chi connectivity index (χ3n) is 16.6. The lowest BCUT2D eigenvalue weighted by Crippen LogP contribution is -2.36. The Bertz CT molecular complexity index is 5280. The van der Waals surface area contributed by atoms with Crippen LogP contribution in [0.2, 0.25) is 0 Å². The highest BCUT2D eigenvalue weighted by atomic mass is 32.2. The minimum absolute atomic E-state index is 0.0493. The normalized spacial score (nSPS) is 13.4. The molecule has 4 aromatic heterocycles. The van der Waals surface area contributed by atoms with Crippen LogP contribution in [0.4, 0.5) is 23.9 Å². The van der Waals surface area contributed by atoms with Crippen LogP contribution in [0.25, 0.3) is 11.1 Å². The van der Waals surface area contributed by atoms with Crippen LogP contribution in [0.3, 0.4) is 0 Å². The number of rotatable bonds is 20. The molecule has 6 heterocycles. The largest absolute Gasteiger partial charge is 0.496 e. The topological polar surface area (TPSA) is 445 Å². The van der Waals surface area contributed by atoms with Gasteiger partial charge in [-0.05, 0) is 143 Å². The Kier molecular flexibility index (Phi) is 26.6. The molecule has 0 atom stereocenters. The molecule has 11 rings (SSSR count). The number of aromatic nitrogens is 7. The van der Waals surface area contributed by atoms with Gasteiger partial charge in [0, 0.05) is 42.5 Å². The van der Waals surface area contributed by atoms with Gasteiger partial charge in [-0.25, -0.2) is 54.9 Å². The molecule has 33 nitrogen and oxygen atoms in total. The van der Waals surface area contributed by atoms with E-state index in [-0.39, 0.29) is 73.3 Å². The fourth-order valence-corrected chi connectivity index (χ4v) is 13.9. The third-order valence-corrected chi connectivity index (χ3v) is 20.3. The van der Waals surface area contributed by atoms with Crippen LogP contribution < -0.4 is 44.6 Å². The van der Waals surface area contributed by atoms with Crippen LogP contribution in [-0.2, 0) is 83.4 Å². The lowest BCUT2D eigenvalue weighted by molar-refractivity contribution is -0.143. The van der Waals surface area contributed by atoms with Crippen molar-refractivity contribution in [1.29, 1.82) is 0 Å². The number of sulfone groups is 1. The summed E-state index contributed by atoms with van der Waals surface area (Å²) in [5.41, 5.74) is 3.38.